The van der Waals surface area contributed by atoms with Gasteiger partial charge in [0.05, 0.1) is 5.52 Å². The van der Waals surface area contributed by atoms with E-state index in [1.54, 1.807) is 0 Å². The molecule has 0 spiro atoms. The van der Waals surface area contributed by atoms with Crippen molar-refractivity contribution in [3.8, 4) is 0 Å². The molecule has 1 N–H and O–H groups in total. The zero-order chi connectivity index (χ0) is 11.8. The van der Waals surface area contributed by atoms with Crippen LogP contribution in [0.5, 0.6) is 0 Å². The third-order valence-electron chi connectivity index (χ3n) is 2.93. The molecule has 0 bridgehead atoms. The summed E-state index contributed by atoms with van der Waals surface area (Å²) < 4.78 is 0. The van der Waals surface area contributed by atoms with E-state index in [1.165, 1.54) is 12.8 Å². The smallest absolute Gasteiger partial charge is 0.224 e. The van der Waals surface area contributed by atoms with E-state index >= 15 is 0 Å². The fraction of sp³-hybridized carbons (Fsp3) is 0.333. The second-order valence-corrected chi connectivity index (χ2v) is 5.16. The Morgan fingerprint density at radius 3 is 2.94 bits per heavy atom. The molecule has 3 nitrogen and oxygen atoms in total. The summed E-state index contributed by atoms with van der Waals surface area (Å²) in [6, 6.07) is 5.84. The first kappa shape index (κ1) is 11.1. The molecular formula is C12H12ClN3S. The van der Waals surface area contributed by atoms with E-state index in [0.717, 1.165) is 34.1 Å². The summed E-state index contributed by atoms with van der Waals surface area (Å²) in [4.78, 5) is 9.29. The van der Waals surface area contributed by atoms with Gasteiger partial charge in [-0.2, -0.15) is 0 Å². The zero-order valence-electron chi connectivity index (χ0n) is 9.15. The maximum atomic E-state index is 5.93. The van der Waals surface area contributed by atoms with Crippen molar-refractivity contribution in [3.05, 3.63) is 23.5 Å². The second kappa shape index (κ2) is 4.35. The van der Waals surface area contributed by atoms with E-state index in [0.29, 0.717) is 0 Å². The molecule has 1 saturated carbocycles. The van der Waals surface area contributed by atoms with E-state index in [4.69, 9.17) is 11.6 Å². The predicted octanol–water partition coefficient (Wildman–Crippen LogP) is 3.39. The maximum Gasteiger partial charge on any atom is 0.224 e. The van der Waals surface area contributed by atoms with E-state index in [-0.39, 0.29) is 5.28 Å². The summed E-state index contributed by atoms with van der Waals surface area (Å²) in [5, 5.41) is 4.58. The van der Waals surface area contributed by atoms with Crippen molar-refractivity contribution >= 4 is 41.0 Å². The lowest BCUT2D eigenvalue weighted by atomic mass is 10.2. The highest BCUT2D eigenvalue weighted by Crippen LogP contribution is 2.31. The molecule has 3 rings (SSSR count). The van der Waals surface area contributed by atoms with Crippen molar-refractivity contribution in [2.75, 3.05) is 11.9 Å². The number of nitrogens with one attached hydrogen (secondary N) is 1. The maximum absolute atomic E-state index is 5.93. The van der Waals surface area contributed by atoms with Crippen LogP contribution in [-0.4, -0.2) is 16.5 Å². The topological polar surface area (TPSA) is 37.8 Å². The first-order valence-corrected chi connectivity index (χ1v) is 6.45. The molecular weight excluding hydrogens is 254 g/mol. The lowest BCUT2D eigenvalue weighted by molar-refractivity contribution is 0.883. The molecule has 0 radical (unpaired) electrons. The molecule has 0 saturated heterocycles. The highest BCUT2D eigenvalue weighted by molar-refractivity contribution is 7.80. The Balaban J connectivity index is 2.05. The Kier molecular flexibility index (Phi) is 2.84. The van der Waals surface area contributed by atoms with Crippen molar-refractivity contribution in [2.24, 2.45) is 5.92 Å². The number of rotatable bonds is 3. The van der Waals surface area contributed by atoms with Gasteiger partial charge in [0, 0.05) is 16.8 Å². The summed E-state index contributed by atoms with van der Waals surface area (Å²) in [7, 11) is 0. The van der Waals surface area contributed by atoms with Gasteiger partial charge in [0.2, 0.25) is 5.28 Å². The van der Waals surface area contributed by atoms with Gasteiger partial charge in [-0.15, -0.1) is 12.6 Å². The van der Waals surface area contributed by atoms with Gasteiger partial charge in [-0.3, -0.25) is 0 Å². The Bertz CT molecular complexity index is 569. The van der Waals surface area contributed by atoms with Crippen LogP contribution in [0.25, 0.3) is 10.9 Å². The number of nitrogens with zero attached hydrogens (tertiary/aromatic N) is 2. The number of para-hydroxylation sites is 1. The molecule has 0 amide bonds. The van der Waals surface area contributed by atoms with Gasteiger partial charge in [0.1, 0.15) is 5.82 Å². The highest BCUT2D eigenvalue weighted by Gasteiger charge is 2.21. The summed E-state index contributed by atoms with van der Waals surface area (Å²) in [5.74, 6) is 1.60. The lowest BCUT2D eigenvalue weighted by Crippen LogP contribution is -2.06. The van der Waals surface area contributed by atoms with E-state index in [1.807, 2.05) is 18.2 Å². The van der Waals surface area contributed by atoms with Gasteiger partial charge in [0.25, 0.3) is 0 Å². The molecule has 2 aromatic rings. The third kappa shape index (κ3) is 2.33. The van der Waals surface area contributed by atoms with Crippen molar-refractivity contribution in [1.29, 1.82) is 0 Å². The molecule has 1 aromatic carbocycles. The Hall–Kier alpha value is -1.00. The van der Waals surface area contributed by atoms with Crippen LogP contribution in [0.1, 0.15) is 12.8 Å². The number of halogens is 1. The number of anilines is 1. The standard InChI is InChI=1S/C12H12ClN3S/c13-12-15-10-8(2-1-3-9(10)17)11(16-12)14-6-7-4-5-7/h1-3,7,17H,4-6H2,(H,14,15,16). The Morgan fingerprint density at radius 2 is 2.18 bits per heavy atom. The van der Waals surface area contributed by atoms with Crippen LogP contribution < -0.4 is 5.32 Å². The quantitative estimate of drug-likeness (QED) is 0.660. The number of aromatic nitrogens is 2. The van der Waals surface area contributed by atoms with Crippen LogP contribution in [-0.2, 0) is 0 Å². The summed E-state index contributed by atoms with van der Waals surface area (Å²) in [6.07, 6.45) is 2.61. The average molecular weight is 266 g/mol. The Labute approximate surface area is 110 Å². The summed E-state index contributed by atoms with van der Waals surface area (Å²) in [5.41, 5.74) is 0.800. The van der Waals surface area contributed by atoms with Crippen LogP contribution in [0, 0.1) is 5.92 Å². The molecule has 88 valence electrons. The van der Waals surface area contributed by atoms with Gasteiger partial charge in [0.15, 0.2) is 0 Å². The van der Waals surface area contributed by atoms with Gasteiger partial charge in [-0.1, -0.05) is 6.07 Å². The number of hydrogen-bond acceptors (Lipinski definition) is 4. The van der Waals surface area contributed by atoms with Gasteiger partial charge in [-0.05, 0) is 42.5 Å². The minimum absolute atomic E-state index is 0.261. The molecule has 1 aliphatic rings. The van der Waals surface area contributed by atoms with Gasteiger partial charge < -0.3 is 5.32 Å². The average Bonchev–Trinajstić information content (AvgIpc) is 3.11. The van der Waals surface area contributed by atoms with Crippen LogP contribution in [0.3, 0.4) is 0 Å². The van der Waals surface area contributed by atoms with E-state index in [2.05, 4.69) is 27.9 Å². The first-order chi connectivity index (χ1) is 8.24. The van der Waals surface area contributed by atoms with Crippen molar-refractivity contribution in [2.45, 2.75) is 17.7 Å². The fourth-order valence-corrected chi connectivity index (χ4v) is 2.23. The molecule has 5 heteroatoms. The van der Waals surface area contributed by atoms with Crippen molar-refractivity contribution in [3.63, 3.8) is 0 Å². The van der Waals surface area contributed by atoms with Crippen LogP contribution in [0.4, 0.5) is 5.82 Å². The molecule has 17 heavy (non-hydrogen) atoms. The summed E-state index contributed by atoms with van der Waals surface area (Å²) in [6.45, 7) is 0.958. The largest absolute Gasteiger partial charge is 0.369 e. The predicted molar refractivity (Wildman–Crippen MR) is 73.0 cm³/mol. The minimum atomic E-state index is 0.261. The molecule has 1 fully saturated rings. The molecule has 1 heterocycles. The fourth-order valence-electron chi connectivity index (χ4n) is 1.81. The molecule has 0 unspecified atom stereocenters. The van der Waals surface area contributed by atoms with E-state index < -0.39 is 0 Å². The second-order valence-electron chi connectivity index (χ2n) is 4.34. The van der Waals surface area contributed by atoms with Crippen molar-refractivity contribution < 1.29 is 0 Å². The number of hydrogen-bond donors (Lipinski definition) is 2. The molecule has 0 aliphatic heterocycles. The number of benzene rings is 1. The number of fused-ring (bicyclic) bond motifs is 1. The van der Waals surface area contributed by atoms with Crippen molar-refractivity contribution in [1.82, 2.24) is 9.97 Å². The van der Waals surface area contributed by atoms with E-state index in [9.17, 15) is 0 Å². The van der Waals surface area contributed by atoms with Crippen LogP contribution in [0.2, 0.25) is 5.28 Å². The first-order valence-electron chi connectivity index (χ1n) is 5.63. The molecule has 0 atom stereocenters. The third-order valence-corrected chi connectivity index (χ3v) is 3.46. The SMILES string of the molecule is Sc1cccc2c(NCC3CC3)nc(Cl)nc12. The van der Waals surface area contributed by atoms with Crippen LogP contribution >= 0.6 is 24.2 Å². The Morgan fingerprint density at radius 1 is 1.35 bits per heavy atom. The summed E-state index contributed by atoms with van der Waals surface area (Å²) >= 11 is 10.3. The lowest BCUT2D eigenvalue weighted by Gasteiger charge is -2.09. The zero-order valence-corrected chi connectivity index (χ0v) is 10.8. The minimum Gasteiger partial charge on any atom is -0.369 e. The number of thiol groups is 1. The molecule has 1 aromatic heterocycles. The normalized spacial score (nSPS) is 15.2. The monoisotopic (exact) mass is 265 g/mol. The molecule has 1 aliphatic carbocycles. The van der Waals surface area contributed by atoms with Gasteiger partial charge in [-0.25, -0.2) is 9.97 Å². The highest BCUT2D eigenvalue weighted by atomic mass is 35.5. The van der Waals surface area contributed by atoms with Gasteiger partial charge >= 0.3 is 0 Å². The van der Waals surface area contributed by atoms with Crippen LogP contribution in [0.15, 0.2) is 23.1 Å².